The van der Waals surface area contributed by atoms with Gasteiger partial charge in [0, 0.05) is 38.0 Å². The van der Waals surface area contributed by atoms with Gasteiger partial charge in [-0.2, -0.15) is 0 Å². The van der Waals surface area contributed by atoms with Crippen LogP contribution in [0.4, 0.5) is 0 Å². The number of fused-ring (bicyclic) bond motifs is 1. The molecule has 1 aliphatic heterocycles. The number of piperidine rings is 1. The molecule has 1 aromatic heterocycles. The zero-order chi connectivity index (χ0) is 16.4. The van der Waals surface area contributed by atoms with Crippen LogP contribution in [-0.2, 0) is 4.79 Å². The first-order chi connectivity index (χ1) is 11.0. The molecule has 2 aromatic rings. The first-order valence-corrected chi connectivity index (χ1v) is 8.39. The molecule has 1 fully saturated rings. The predicted octanol–water partition coefficient (Wildman–Crippen LogP) is 3.14. The van der Waals surface area contributed by atoms with E-state index in [1.165, 1.54) is 0 Å². The SMILES string of the molecule is CN(C)C(=O)CCN1CCC(c2nc3cc(Cl)ccc3o2)CC1. The lowest BCUT2D eigenvalue weighted by molar-refractivity contribution is -0.129. The van der Waals surface area contributed by atoms with Crippen LogP contribution in [-0.4, -0.2) is 54.4 Å². The molecule has 5 nitrogen and oxygen atoms in total. The first-order valence-electron chi connectivity index (χ1n) is 8.01. The minimum absolute atomic E-state index is 0.183. The molecule has 1 saturated heterocycles. The van der Waals surface area contributed by atoms with Crippen LogP contribution >= 0.6 is 11.6 Å². The third-order valence-corrected chi connectivity index (χ3v) is 4.68. The molecule has 6 heteroatoms. The Morgan fingerprint density at radius 3 is 2.83 bits per heavy atom. The van der Waals surface area contributed by atoms with Crippen molar-refractivity contribution in [2.75, 3.05) is 33.7 Å². The maximum Gasteiger partial charge on any atom is 0.223 e. The lowest BCUT2D eigenvalue weighted by atomic mass is 9.96. The number of halogens is 1. The second-order valence-electron chi connectivity index (χ2n) is 6.32. The van der Waals surface area contributed by atoms with Crippen molar-refractivity contribution in [1.82, 2.24) is 14.8 Å². The second kappa shape index (κ2) is 6.89. The Kier molecular flexibility index (Phi) is 4.87. The van der Waals surface area contributed by atoms with E-state index in [4.69, 9.17) is 16.0 Å². The molecule has 0 N–H and O–H groups in total. The summed E-state index contributed by atoms with van der Waals surface area (Å²) in [6.07, 6.45) is 2.60. The Bertz CT molecular complexity index is 690. The molecule has 2 heterocycles. The molecule has 1 amide bonds. The van der Waals surface area contributed by atoms with Crippen molar-refractivity contribution < 1.29 is 9.21 Å². The van der Waals surface area contributed by atoms with Gasteiger partial charge in [0.25, 0.3) is 0 Å². The molecule has 0 bridgehead atoms. The summed E-state index contributed by atoms with van der Waals surface area (Å²) in [6.45, 7) is 2.78. The summed E-state index contributed by atoms with van der Waals surface area (Å²) in [7, 11) is 3.60. The van der Waals surface area contributed by atoms with Crippen LogP contribution in [0.15, 0.2) is 22.6 Å². The van der Waals surface area contributed by atoms with E-state index in [1.54, 1.807) is 19.0 Å². The van der Waals surface area contributed by atoms with Gasteiger partial charge >= 0.3 is 0 Å². The average molecular weight is 336 g/mol. The van der Waals surface area contributed by atoms with E-state index < -0.39 is 0 Å². The minimum Gasteiger partial charge on any atom is -0.440 e. The predicted molar refractivity (Wildman–Crippen MR) is 90.7 cm³/mol. The molecule has 0 radical (unpaired) electrons. The zero-order valence-electron chi connectivity index (χ0n) is 13.6. The number of aromatic nitrogens is 1. The second-order valence-corrected chi connectivity index (χ2v) is 6.75. The lowest BCUT2D eigenvalue weighted by Crippen LogP contribution is -2.36. The third-order valence-electron chi connectivity index (χ3n) is 4.44. The fourth-order valence-corrected chi connectivity index (χ4v) is 3.14. The van der Waals surface area contributed by atoms with E-state index in [9.17, 15) is 4.79 Å². The molecule has 0 spiro atoms. The molecule has 3 rings (SSSR count). The number of hydrogen-bond donors (Lipinski definition) is 0. The van der Waals surface area contributed by atoms with Crippen molar-refractivity contribution in [3.05, 3.63) is 29.1 Å². The van der Waals surface area contributed by atoms with Gasteiger partial charge in [0.2, 0.25) is 5.91 Å². The van der Waals surface area contributed by atoms with Crippen LogP contribution in [0.25, 0.3) is 11.1 Å². The molecular weight excluding hydrogens is 314 g/mol. The smallest absolute Gasteiger partial charge is 0.223 e. The number of carbonyl (C=O) groups is 1. The van der Waals surface area contributed by atoms with Crippen molar-refractivity contribution >= 4 is 28.6 Å². The summed E-state index contributed by atoms with van der Waals surface area (Å²) in [5.74, 6) is 1.34. The third kappa shape index (κ3) is 3.85. The number of hydrogen-bond acceptors (Lipinski definition) is 4. The summed E-state index contributed by atoms with van der Waals surface area (Å²) in [4.78, 5) is 20.2. The average Bonchev–Trinajstić information content (AvgIpc) is 2.96. The van der Waals surface area contributed by atoms with Crippen LogP contribution in [0.3, 0.4) is 0 Å². The van der Waals surface area contributed by atoms with Gasteiger partial charge in [-0.3, -0.25) is 4.79 Å². The number of nitrogens with zero attached hydrogens (tertiary/aromatic N) is 3. The Morgan fingerprint density at radius 1 is 1.39 bits per heavy atom. The van der Waals surface area contributed by atoms with Crippen molar-refractivity contribution in [2.24, 2.45) is 0 Å². The van der Waals surface area contributed by atoms with Gasteiger partial charge in [0.05, 0.1) is 0 Å². The molecule has 0 saturated carbocycles. The molecular formula is C17H22ClN3O2. The van der Waals surface area contributed by atoms with Crippen LogP contribution < -0.4 is 0 Å². The summed E-state index contributed by atoms with van der Waals surface area (Å²) in [5.41, 5.74) is 1.62. The Hall–Kier alpha value is -1.59. The van der Waals surface area contributed by atoms with Gasteiger partial charge in [-0.15, -0.1) is 0 Å². The topological polar surface area (TPSA) is 49.6 Å². The molecule has 0 atom stereocenters. The van der Waals surface area contributed by atoms with Gasteiger partial charge in [0.1, 0.15) is 5.52 Å². The van der Waals surface area contributed by atoms with Crippen LogP contribution in [0, 0.1) is 0 Å². The van der Waals surface area contributed by atoms with Gasteiger partial charge in [-0.1, -0.05) is 11.6 Å². The van der Waals surface area contributed by atoms with E-state index in [-0.39, 0.29) is 5.91 Å². The van der Waals surface area contributed by atoms with Crippen molar-refractivity contribution in [3.8, 4) is 0 Å². The summed E-state index contributed by atoms with van der Waals surface area (Å²) in [5, 5.41) is 0.678. The Labute approximate surface area is 141 Å². The highest BCUT2D eigenvalue weighted by Crippen LogP contribution is 2.30. The van der Waals surface area contributed by atoms with Gasteiger partial charge in [-0.25, -0.2) is 4.98 Å². The van der Waals surface area contributed by atoms with E-state index in [2.05, 4.69) is 9.88 Å². The van der Waals surface area contributed by atoms with E-state index in [0.29, 0.717) is 17.4 Å². The standard InChI is InChI=1S/C17H22ClN3O2/c1-20(2)16(22)7-10-21-8-5-12(6-9-21)17-19-14-11-13(18)3-4-15(14)23-17/h3-4,11-12H,5-10H2,1-2H3. The Balaban J connectivity index is 1.56. The summed E-state index contributed by atoms with van der Waals surface area (Å²) < 4.78 is 5.88. The Morgan fingerprint density at radius 2 is 2.13 bits per heavy atom. The molecule has 23 heavy (non-hydrogen) atoms. The van der Waals surface area contributed by atoms with Gasteiger partial charge in [-0.05, 0) is 44.1 Å². The van der Waals surface area contributed by atoms with Crippen molar-refractivity contribution in [3.63, 3.8) is 0 Å². The van der Waals surface area contributed by atoms with Crippen LogP contribution in [0.5, 0.6) is 0 Å². The number of benzene rings is 1. The highest BCUT2D eigenvalue weighted by Gasteiger charge is 2.25. The van der Waals surface area contributed by atoms with E-state index >= 15 is 0 Å². The number of amides is 1. The van der Waals surface area contributed by atoms with E-state index in [1.807, 2.05) is 18.2 Å². The quantitative estimate of drug-likeness (QED) is 0.861. The minimum atomic E-state index is 0.183. The number of rotatable bonds is 4. The maximum absolute atomic E-state index is 11.7. The summed E-state index contributed by atoms with van der Waals surface area (Å²) in [6, 6.07) is 5.53. The van der Waals surface area contributed by atoms with Crippen molar-refractivity contribution in [2.45, 2.75) is 25.2 Å². The number of likely N-dealkylation sites (tertiary alicyclic amines) is 1. The molecule has 0 unspecified atom stereocenters. The molecule has 124 valence electrons. The van der Waals surface area contributed by atoms with Crippen LogP contribution in [0.2, 0.25) is 5.02 Å². The molecule has 1 aliphatic rings. The molecule has 1 aromatic carbocycles. The highest BCUT2D eigenvalue weighted by molar-refractivity contribution is 6.31. The number of oxazole rings is 1. The van der Waals surface area contributed by atoms with E-state index in [0.717, 1.165) is 49.5 Å². The number of carbonyl (C=O) groups excluding carboxylic acids is 1. The lowest BCUT2D eigenvalue weighted by Gasteiger charge is -2.30. The first kappa shape index (κ1) is 16.3. The fourth-order valence-electron chi connectivity index (χ4n) is 2.97. The monoisotopic (exact) mass is 335 g/mol. The van der Waals surface area contributed by atoms with Crippen molar-refractivity contribution in [1.29, 1.82) is 0 Å². The largest absolute Gasteiger partial charge is 0.440 e. The van der Waals surface area contributed by atoms with Gasteiger partial charge < -0.3 is 14.2 Å². The molecule has 0 aliphatic carbocycles. The normalized spacial score (nSPS) is 16.8. The highest BCUT2D eigenvalue weighted by atomic mass is 35.5. The maximum atomic E-state index is 11.7. The fraction of sp³-hybridized carbons (Fsp3) is 0.529. The van der Waals surface area contributed by atoms with Crippen LogP contribution in [0.1, 0.15) is 31.1 Å². The van der Waals surface area contributed by atoms with Gasteiger partial charge in [0.15, 0.2) is 11.5 Å². The summed E-state index contributed by atoms with van der Waals surface area (Å²) >= 11 is 6.00. The zero-order valence-corrected chi connectivity index (χ0v) is 14.3.